The van der Waals surface area contributed by atoms with Crippen molar-refractivity contribution in [3.63, 3.8) is 0 Å². The van der Waals surface area contributed by atoms with Gasteiger partial charge in [0.1, 0.15) is 0 Å². The number of fused-ring (bicyclic) bond motifs is 6. The predicted molar refractivity (Wildman–Crippen MR) is 128 cm³/mol. The summed E-state index contributed by atoms with van der Waals surface area (Å²) in [4.78, 5) is 0. The number of hydrogen-bond donors (Lipinski definition) is 0. The molecule has 0 aromatic heterocycles. The van der Waals surface area contributed by atoms with Crippen LogP contribution in [0.2, 0.25) is 0 Å². The third-order valence-corrected chi connectivity index (χ3v) is 8.04. The van der Waals surface area contributed by atoms with E-state index in [-0.39, 0.29) is 0 Å². The Morgan fingerprint density at radius 2 is 1.35 bits per heavy atom. The molecule has 0 N–H and O–H groups in total. The van der Waals surface area contributed by atoms with E-state index >= 15 is 0 Å². The lowest BCUT2D eigenvalue weighted by Gasteiger charge is -2.21. The van der Waals surface area contributed by atoms with Gasteiger partial charge in [0.05, 0.1) is 0 Å². The molecule has 0 heterocycles. The highest BCUT2D eigenvalue weighted by molar-refractivity contribution is 5.88. The zero-order chi connectivity index (χ0) is 20.4. The zero-order valence-corrected chi connectivity index (χ0v) is 17.7. The minimum absolute atomic E-state index is 0.600. The predicted octanol–water partition coefficient (Wildman–Crippen LogP) is 7.95. The van der Waals surface area contributed by atoms with Crippen molar-refractivity contribution in [2.24, 2.45) is 5.92 Å². The van der Waals surface area contributed by atoms with E-state index in [2.05, 4.69) is 91.0 Å². The van der Waals surface area contributed by atoms with Crippen LogP contribution < -0.4 is 0 Å². The minimum Gasteiger partial charge on any atom is -0.0622 e. The number of hydrogen-bond acceptors (Lipinski definition) is 0. The first-order chi connectivity index (χ1) is 15.4. The lowest BCUT2D eigenvalue weighted by atomic mass is 9.82. The molecule has 0 nitrogen and oxygen atoms in total. The SMILES string of the molecule is c1ccc(Cc2cccc(-c3cccc4c3C3c5c-4cccc5C4CCCC43)c2)cc1. The summed E-state index contributed by atoms with van der Waals surface area (Å²) >= 11 is 0. The highest BCUT2D eigenvalue weighted by Crippen LogP contribution is 2.64. The normalized spacial score (nSPS) is 22.3. The smallest absolute Gasteiger partial charge is 0.0145 e. The van der Waals surface area contributed by atoms with Crippen LogP contribution in [0, 0.1) is 5.92 Å². The van der Waals surface area contributed by atoms with Gasteiger partial charge in [-0.05, 0) is 81.2 Å². The van der Waals surface area contributed by atoms with Gasteiger partial charge in [-0.25, -0.2) is 0 Å². The van der Waals surface area contributed by atoms with Crippen molar-refractivity contribution < 1.29 is 0 Å². The largest absolute Gasteiger partial charge is 0.0622 e. The fraction of sp³-hybridized carbons (Fsp3) is 0.226. The van der Waals surface area contributed by atoms with Gasteiger partial charge in [0.25, 0.3) is 0 Å². The maximum Gasteiger partial charge on any atom is 0.0145 e. The molecule has 31 heavy (non-hydrogen) atoms. The minimum atomic E-state index is 0.600. The van der Waals surface area contributed by atoms with Gasteiger partial charge in [-0.1, -0.05) is 97.4 Å². The molecule has 3 unspecified atom stereocenters. The van der Waals surface area contributed by atoms with E-state index in [0.29, 0.717) is 5.92 Å². The van der Waals surface area contributed by atoms with Gasteiger partial charge in [-0.3, -0.25) is 0 Å². The van der Waals surface area contributed by atoms with Crippen LogP contribution >= 0.6 is 0 Å². The van der Waals surface area contributed by atoms with E-state index in [1.807, 2.05) is 0 Å². The topological polar surface area (TPSA) is 0 Å². The molecule has 150 valence electrons. The van der Waals surface area contributed by atoms with E-state index in [4.69, 9.17) is 0 Å². The molecule has 3 atom stereocenters. The summed E-state index contributed by atoms with van der Waals surface area (Å²) in [5.74, 6) is 2.18. The van der Waals surface area contributed by atoms with Gasteiger partial charge in [0, 0.05) is 5.92 Å². The van der Waals surface area contributed by atoms with Crippen molar-refractivity contribution >= 4 is 0 Å². The summed E-state index contributed by atoms with van der Waals surface area (Å²) in [5, 5.41) is 0. The van der Waals surface area contributed by atoms with Gasteiger partial charge in [0.2, 0.25) is 0 Å². The Hall–Kier alpha value is -3.12. The molecule has 3 aliphatic carbocycles. The zero-order valence-electron chi connectivity index (χ0n) is 17.7. The molecule has 0 aliphatic heterocycles. The van der Waals surface area contributed by atoms with Gasteiger partial charge in [-0.2, -0.15) is 0 Å². The summed E-state index contributed by atoms with van der Waals surface area (Å²) in [5.41, 5.74) is 13.5. The Labute approximate surface area is 184 Å². The quantitative estimate of drug-likeness (QED) is 0.328. The highest BCUT2D eigenvalue weighted by atomic mass is 14.5. The van der Waals surface area contributed by atoms with Crippen LogP contribution in [0.15, 0.2) is 91.0 Å². The Balaban J connectivity index is 1.37. The van der Waals surface area contributed by atoms with Crippen molar-refractivity contribution in [3.05, 3.63) is 119 Å². The molecule has 4 aromatic rings. The van der Waals surface area contributed by atoms with Crippen LogP contribution in [0.25, 0.3) is 22.3 Å². The molecule has 0 amide bonds. The van der Waals surface area contributed by atoms with E-state index < -0.39 is 0 Å². The third kappa shape index (κ3) is 2.54. The molecular weight excluding hydrogens is 372 g/mol. The fourth-order valence-corrected chi connectivity index (χ4v) is 6.90. The average Bonchev–Trinajstić information content (AvgIpc) is 3.49. The van der Waals surface area contributed by atoms with E-state index in [1.54, 1.807) is 16.7 Å². The Kier molecular flexibility index (Phi) is 3.79. The van der Waals surface area contributed by atoms with E-state index in [9.17, 15) is 0 Å². The first-order valence-corrected chi connectivity index (χ1v) is 11.8. The standard InChI is InChI=1S/C31H26/c1-2-8-20(9-3-1)18-21-10-4-11-22(19-21)23-12-5-16-27-28-17-7-14-25-24-13-6-15-26(24)31(29(23)27)30(25)28/h1-5,7-12,14,16-17,19,24,26,31H,6,13,15,18H2. The summed E-state index contributed by atoms with van der Waals surface area (Å²) in [6, 6.07) is 34.2. The number of benzene rings is 4. The lowest BCUT2D eigenvalue weighted by molar-refractivity contribution is 0.481. The molecule has 0 spiro atoms. The Morgan fingerprint density at radius 3 is 2.26 bits per heavy atom. The maximum atomic E-state index is 2.42. The molecule has 4 aromatic carbocycles. The maximum absolute atomic E-state index is 2.42. The van der Waals surface area contributed by atoms with Gasteiger partial charge >= 0.3 is 0 Å². The van der Waals surface area contributed by atoms with Crippen molar-refractivity contribution in [2.45, 2.75) is 37.5 Å². The first-order valence-electron chi connectivity index (χ1n) is 11.8. The second-order valence-electron chi connectivity index (χ2n) is 9.62. The van der Waals surface area contributed by atoms with Crippen molar-refractivity contribution in [2.75, 3.05) is 0 Å². The molecular formula is C31H26. The molecule has 1 saturated carbocycles. The summed E-state index contributed by atoms with van der Waals surface area (Å²) in [7, 11) is 0. The first kappa shape index (κ1) is 17.5. The molecule has 1 fully saturated rings. The summed E-state index contributed by atoms with van der Waals surface area (Å²) in [6.07, 6.45) is 5.13. The Bertz CT molecular complexity index is 1300. The van der Waals surface area contributed by atoms with Gasteiger partial charge in [-0.15, -0.1) is 0 Å². The average molecular weight is 399 g/mol. The lowest BCUT2D eigenvalue weighted by Crippen LogP contribution is -2.08. The van der Waals surface area contributed by atoms with Crippen molar-refractivity contribution in [1.82, 2.24) is 0 Å². The van der Waals surface area contributed by atoms with Crippen LogP contribution in [0.3, 0.4) is 0 Å². The fourth-order valence-electron chi connectivity index (χ4n) is 6.90. The van der Waals surface area contributed by atoms with Crippen LogP contribution in [0.1, 0.15) is 58.9 Å². The van der Waals surface area contributed by atoms with Crippen molar-refractivity contribution in [3.8, 4) is 22.3 Å². The molecule has 0 radical (unpaired) electrons. The summed E-state index contributed by atoms with van der Waals surface area (Å²) in [6.45, 7) is 0. The molecule has 7 rings (SSSR count). The third-order valence-electron chi connectivity index (χ3n) is 8.04. The van der Waals surface area contributed by atoms with Crippen LogP contribution in [0.4, 0.5) is 0 Å². The highest BCUT2D eigenvalue weighted by Gasteiger charge is 2.49. The van der Waals surface area contributed by atoms with E-state index in [0.717, 1.165) is 18.3 Å². The monoisotopic (exact) mass is 398 g/mol. The molecule has 3 aliphatic rings. The van der Waals surface area contributed by atoms with E-state index in [1.165, 1.54) is 52.6 Å². The molecule has 0 bridgehead atoms. The van der Waals surface area contributed by atoms with Crippen LogP contribution in [-0.2, 0) is 6.42 Å². The second kappa shape index (κ2) is 6.69. The van der Waals surface area contributed by atoms with Crippen LogP contribution in [0.5, 0.6) is 0 Å². The van der Waals surface area contributed by atoms with Crippen LogP contribution in [-0.4, -0.2) is 0 Å². The molecule has 0 saturated heterocycles. The van der Waals surface area contributed by atoms with Crippen molar-refractivity contribution in [1.29, 1.82) is 0 Å². The van der Waals surface area contributed by atoms with Gasteiger partial charge in [0.15, 0.2) is 0 Å². The summed E-state index contributed by atoms with van der Waals surface area (Å²) < 4.78 is 0. The number of rotatable bonds is 3. The Morgan fingerprint density at radius 1 is 0.613 bits per heavy atom. The van der Waals surface area contributed by atoms with Gasteiger partial charge < -0.3 is 0 Å². The molecule has 0 heteroatoms. The second-order valence-corrected chi connectivity index (χ2v) is 9.62.